The Bertz CT molecular complexity index is 794. The van der Waals surface area contributed by atoms with E-state index in [2.05, 4.69) is 5.32 Å². The van der Waals surface area contributed by atoms with Crippen LogP contribution in [0.25, 0.3) is 6.08 Å². The molecule has 1 N–H and O–H groups in total. The number of ketones is 1. The van der Waals surface area contributed by atoms with Crippen molar-refractivity contribution in [1.29, 1.82) is 0 Å². The summed E-state index contributed by atoms with van der Waals surface area (Å²) in [4.78, 5) is 24.9. The minimum Gasteiger partial charge on any atom is -0.454 e. The van der Waals surface area contributed by atoms with Gasteiger partial charge in [-0.3, -0.25) is 9.59 Å². The maximum absolute atomic E-state index is 11.8. The lowest BCUT2D eigenvalue weighted by Gasteiger charge is -2.01. The molecule has 0 saturated heterocycles. The van der Waals surface area contributed by atoms with E-state index in [0.29, 0.717) is 18.7 Å². The Morgan fingerprint density at radius 3 is 2.83 bits per heavy atom. The van der Waals surface area contributed by atoms with E-state index >= 15 is 0 Å². The van der Waals surface area contributed by atoms with Gasteiger partial charge in [-0.2, -0.15) is 0 Å². The quantitative estimate of drug-likeness (QED) is 0.647. The maximum Gasteiger partial charge on any atom is 0.244 e. The van der Waals surface area contributed by atoms with Crippen molar-refractivity contribution in [2.24, 2.45) is 0 Å². The highest BCUT2D eigenvalue weighted by Gasteiger charge is 2.12. The van der Waals surface area contributed by atoms with Crippen LogP contribution in [-0.2, 0) is 11.2 Å². The third kappa shape index (κ3) is 4.02. The normalized spacial score (nSPS) is 12.5. The van der Waals surface area contributed by atoms with E-state index < -0.39 is 0 Å². The van der Waals surface area contributed by atoms with Crippen LogP contribution in [0.4, 0.5) is 0 Å². The zero-order chi connectivity index (χ0) is 16.9. The summed E-state index contributed by atoms with van der Waals surface area (Å²) in [5.41, 5.74) is 0.874. The third-order valence-corrected chi connectivity index (χ3v) is 4.75. The van der Waals surface area contributed by atoms with Gasteiger partial charge in [0, 0.05) is 17.5 Å². The molecule has 0 aliphatic carbocycles. The fraction of sp³-hybridized carbons (Fsp3) is 0.222. The minimum absolute atomic E-state index is 0.0712. The van der Waals surface area contributed by atoms with Crippen molar-refractivity contribution in [1.82, 2.24) is 5.32 Å². The van der Waals surface area contributed by atoms with Gasteiger partial charge in [0.2, 0.25) is 12.7 Å². The molecule has 0 radical (unpaired) electrons. The highest BCUT2D eigenvalue weighted by atomic mass is 32.1. The second kappa shape index (κ2) is 7.31. The van der Waals surface area contributed by atoms with Crippen LogP contribution in [-0.4, -0.2) is 25.0 Å². The summed E-state index contributed by atoms with van der Waals surface area (Å²) in [5, 5.41) is 2.83. The Morgan fingerprint density at radius 2 is 2.04 bits per heavy atom. The molecule has 6 heteroatoms. The molecule has 1 amide bonds. The number of nitrogens with one attached hydrogen (secondary N) is 1. The van der Waals surface area contributed by atoms with Crippen LogP contribution in [0.15, 0.2) is 36.4 Å². The van der Waals surface area contributed by atoms with E-state index in [1.54, 1.807) is 13.0 Å². The summed E-state index contributed by atoms with van der Waals surface area (Å²) in [7, 11) is 0. The number of ether oxygens (including phenoxy) is 2. The lowest BCUT2D eigenvalue weighted by molar-refractivity contribution is -0.116. The molecule has 1 aromatic heterocycles. The summed E-state index contributed by atoms with van der Waals surface area (Å²) in [6, 6.07) is 9.27. The van der Waals surface area contributed by atoms with Crippen molar-refractivity contribution in [3.63, 3.8) is 0 Å². The fourth-order valence-electron chi connectivity index (χ4n) is 2.26. The molecule has 2 heterocycles. The van der Waals surface area contributed by atoms with Gasteiger partial charge in [-0.05, 0) is 49.2 Å². The summed E-state index contributed by atoms with van der Waals surface area (Å²) in [5.74, 6) is 1.33. The highest BCUT2D eigenvalue weighted by molar-refractivity contribution is 7.14. The van der Waals surface area contributed by atoms with Gasteiger partial charge in [0.1, 0.15) is 0 Å². The SMILES string of the molecule is CC(=O)c1ccc(CCNC(=O)/C=C/c2ccc3c(c2)OCO3)s1. The average molecular weight is 343 g/mol. The van der Waals surface area contributed by atoms with Gasteiger partial charge < -0.3 is 14.8 Å². The molecule has 3 rings (SSSR count). The number of hydrogen-bond donors (Lipinski definition) is 1. The van der Waals surface area contributed by atoms with Crippen LogP contribution in [0.1, 0.15) is 27.0 Å². The Balaban J connectivity index is 1.47. The van der Waals surface area contributed by atoms with E-state index in [0.717, 1.165) is 21.1 Å². The molecular formula is C18H17NO4S. The first kappa shape index (κ1) is 16.3. The van der Waals surface area contributed by atoms with Crippen molar-refractivity contribution < 1.29 is 19.1 Å². The summed E-state index contributed by atoms with van der Waals surface area (Å²) in [6.07, 6.45) is 3.94. The van der Waals surface area contributed by atoms with Gasteiger partial charge >= 0.3 is 0 Å². The first-order valence-electron chi connectivity index (χ1n) is 7.57. The number of benzene rings is 1. The number of hydrogen-bond acceptors (Lipinski definition) is 5. The van der Waals surface area contributed by atoms with E-state index in [-0.39, 0.29) is 18.5 Å². The van der Waals surface area contributed by atoms with Crippen molar-refractivity contribution in [3.8, 4) is 11.5 Å². The molecule has 24 heavy (non-hydrogen) atoms. The summed E-state index contributed by atoms with van der Waals surface area (Å²) >= 11 is 1.47. The monoisotopic (exact) mass is 343 g/mol. The predicted molar refractivity (Wildman–Crippen MR) is 92.6 cm³/mol. The Labute approximate surface area is 143 Å². The summed E-state index contributed by atoms with van der Waals surface area (Å²) in [6.45, 7) is 2.32. The smallest absolute Gasteiger partial charge is 0.244 e. The van der Waals surface area contributed by atoms with E-state index in [1.165, 1.54) is 17.4 Å². The van der Waals surface area contributed by atoms with Gasteiger partial charge in [0.15, 0.2) is 17.3 Å². The Morgan fingerprint density at radius 1 is 1.21 bits per heavy atom. The van der Waals surface area contributed by atoms with Crippen molar-refractivity contribution in [3.05, 3.63) is 51.7 Å². The zero-order valence-electron chi connectivity index (χ0n) is 13.2. The number of carbonyl (C=O) groups is 2. The lowest BCUT2D eigenvalue weighted by atomic mass is 10.2. The molecule has 1 aliphatic rings. The molecular weight excluding hydrogens is 326 g/mol. The van der Waals surface area contributed by atoms with Crippen LogP contribution in [0.5, 0.6) is 11.5 Å². The van der Waals surface area contributed by atoms with Crippen LogP contribution in [0.3, 0.4) is 0 Å². The minimum atomic E-state index is -0.156. The number of carbonyl (C=O) groups excluding carboxylic acids is 2. The van der Waals surface area contributed by atoms with E-state index in [9.17, 15) is 9.59 Å². The molecule has 1 aromatic carbocycles. The highest BCUT2D eigenvalue weighted by Crippen LogP contribution is 2.32. The number of amides is 1. The van der Waals surface area contributed by atoms with E-state index in [1.807, 2.05) is 30.3 Å². The van der Waals surface area contributed by atoms with Gasteiger partial charge in [-0.15, -0.1) is 11.3 Å². The van der Waals surface area contributed by atoms with Crippen LogP contribution in [0.2, 0.25) is 0 Å². The van der Waals surface area contributed by atoms with Crippen molar-refractivity contribution in [2.45, 2.75) is 13.3 Å². The number of fused-ring (bicyclic) bond motifs is 1. The topological polar surface area (TPSA) is 64.6 Å². The molecule has 1 aliphatic heterocycles. The van der Waals surface area contributed by atoms with Crippen molar-refractivity contribution in [2.75, 3.05) is 13.3 Å². The van der Waals surface area contributed by atoms with Crippen LogP contribution >= 0.6 is 11.3 Å². The van der Waals surface area contributed by atoms with Crippen molar-refractivity contribution >= 4 is 29.1 Å². The fourth-order valence-corrected chi connectivity index (χ4v) is 3.16. The second-order valence-electron chi connectivity index (χ2n) is 5.31. The first-order valence-corrected chi connectivity index (χ1v) is 8.39. The first-order chi connectivity index (χ1) is 11.6. The van der Waals surface area contributed by atoms with Crippen LogP contribution < -0.4 is 14.8 Å². The van der Waals surface area contributed by atoms with Gasteiger partial charge in [0.25, 0.3) is 0 Å². The third-order valence-electron chi connectivity index (χ3n) is 3.50. The molecule has 0 atom stereocenters. The molecule has 2 aromatic rings. The predicted octanol–water partition coefficient (Wildman–Crippen LogP) is 3.05. The second-order valence-corrected chi connectivity index (χ2v) is 6.48. The number of thiophene rings is 1. The molecule has 124 valence electrons. The molecule has 0 saturated carbocycles. The number of Topliss-reactive ketones (excluding diaryl/α,β-unsaturated/α-hetero) is 1. The Kier molecular flexibility index (Phi) is 4.96. The lowest BCUT2D eigenvalue weighted by Crippen LogP contribution is -2.23. The molecule has 0 fully saturated rings. The largest absolute Gasteiger partial charge is 0.454 e. The standard InChI is InChI=1S/C18H17NO4S/c1-12(20)17-6-4-14(24-17)8-9-19-18(21)7-3-13-2-5-15-16(10-13)23-11-22-15/h2-7,10H,8-9,11H2,1H3,(H,19,21)/b7-3+. The average Bonchev–Trinajstić information content (AvgIpc) is 3.21. The van der Waals surface area contributed by atoms with E-state index in [4.69, 9.17) is 9.47 Å². The molecule has 0 spiro atoms. The van der Waals surface area contributed by atoms with Gasteiger partial charge in [-0.25, -0.2) is 0 Å². The molecule has 5 nitrogen and oxygen atoms in total. The van der Waals surface area contributed by atoms with Gasteiger partial charge in [0.05, 0.1) is 4.88 Å². The maximum atomic E-state index is 11.8. The zero-order valence-corrected chi connectivity index (χ0v) is 14.0. The number of rotatable bonds is 6. The molecule has 0 bridgehead atoms. The molecule has 0 unspecified atom stereocenters. The van der Waals surface area contributed by atoms with Crippen LogP contribution in [0, 0.1) is 0 Å². The van der Waals surface area contributed by atoms with Gasteiger partial charge in [-0.1, -0.05) is 6.07 Å². The summed E-state index contributed by atoms with van der Waals surface area (Å²) < 4.78 is 10.5. The Hall–Kier alpha value is -2.60.